The van der Waals surface area contributed by atoms with E-state index in [1.807, 2.05) is 0 Å². The lowest BCUT2D eigenvalue weighted by molar-refractivity contribution is 0.169. The highest BCUT2D eigenvalue weighted by Gasteiger charge is 2.17. The summed E-state index contributed by atoms with van der Waals surface area (Å²) >= 11 is 5.78. The lowest BCUT2D eigenvalue weighted by atomic mass is 10.1. The molecule has 0 saturated heterocycles. The van der Waals surface area contributed by atoms with Crippen LogP contribution in [0.5, 0.6) is 11.5 Å². The van der Waals surface area contributed by atoms with Gasteiger partial charge in [0.2, 0.25) is 0 Å². The zero-order chi connectivity index (χ0) is 13.2. The van der Waals surface area contributed by atoms with Crippen LogP contribution in [-0.4, -0.2) is 23.3 Å². The molecule has 0 aliphatic carbocycles. The first-order valence-electron chi connectivity index (χ1n) is 5.93. The van der Waals surface area contributed by atoms with Crippen LogP contribution in [0.3, 0.4) is 0 Å². The highest BCUT2D eigenvalue weighted by molar-refractivity contribution is 6.30. The normalized spacial score (nSPS) is 15.1. The number of aliphatic hydroxyl groups excluding tert-OH is 1. The van der Waals surface area contributed by atoms with Gasteiger partial charge in [0.05, 0.1) is 10.7 Å². The standard InChI is InChI=1S/C14H12ClNO3/c15-10-2-3-11(16-8-10)14(17)9-1-4-12-13(7-9)19-6-5-18-12/h1-4,7-8,14,17H,5-6H2. The summed E-state index contributed by atoms with van der Waals surface area (Å²) in [5, 5.41) is 10.8. The number of nitrogens with zero attached hydrogens (tertiary/aromatic N) is 1. The Balaban J connectivity index is 1.91. The fraction of sp³-hybridized carbons (Fsp3) is 0.214. The number of aliphatic hydroxyl groups is 1. The van der Waals surface area contributed by atoms with Crippen LogP contribution in [0.1, 0.15) is 17.4 Å². The van der Waals surface area contributed by atoms with E-state index in [0.29, 0.717) is 41.0 Å². The van der Waals surface area contributed by atoms with Gasteiger partial charge in [0, 0.05) is 6.20 Å². The van der Waals surface area contributed by atoms with E-state index >= 15 is 0 Å². The number of rotatable bonds is 2. The Labute approximate surface area is 115 Å². The van der Waals surface area contributed by atoms with Gasteiger partial charge in [-0.1, -0.05) is 17.7 Å². The van der Waals surface area contributed by atoms with Crippen LogP contribution >= 0.6 is 11.6 Å². The molecule has 1 aromatic heterocycles. The molecule has 0 fully saturated rings. The molecular weight excluding hydrogens is 266 g/mol. The lowest BCUT2D eigenvalue weighted by Gasteiger charge is -2.20. The number of pyridine rings is 1. The number of hydrogen-bond donors (Lipinski definition) is 1. The summed E-state index contributed by atoms with van der Waals surface area (Å²) in [5.74, 6) is 1.35. The first-order valence-corrected chi connectivity index (χ1v) is 6.31. The van der Waals surface area contributed by atoms with Gasteiger partial charge in [0.15, 0.2) is 11.5 Å². The highest BCUT2D eigenvalue weighted by Crippen LogP contribution is 2.33. The van der Waals surface area contributed by atoms with E-state index in [1.165, 1.54) is 6.20 Å². The molecule has 0 saturated carbocycles. The Morgan fingerprint density at radius 2 is 1.89 bits per heavy atom. The van der Waals surface area contributed by atoms with Gasteiger partial charge < -0.3 is 14.6 Å². The van der Waals surface area contributed by atoms with Gasteiger partial charge in [-0.3, -0.25) is 4.98 Å². The fourth-order valence-electron chi connectivity index (χ4n) is 1.95. The topological polar surface area (TPSA) is 51.6 Å². The van der Waals surface area contributed by atoms with Gasteiger partial charge in [-0.25, -0.2) is 0 Å². The molecule has 0 amide bonds. The van der Waals surface area contributed by atoms with Gasteiger partial charge in [-0.05, 0) is 29.8 Å². The first kappa shape index (κ1) is 12.3. The largest absolute Gasteiger partial charge is 0.486 e. The third kappa shape index (κ3) is 2.50. The molecule has 2 aromatic rings. The van der Waals surface area contributed by atoms with E-state index in [9.17, 15) is 5.11 Å². The van der Waals surface area contributed by atoms with Gasteiger partial charge in [-0.2, -0.15) is 0 Å². The lowest BCUT2D eigenvalue weighted by Crippen LogP contribution is -2.15. The van der Waals surface area contributed by atoms with Gasteiger partial charge in [0.25, 0.3) is 0 Å². The number of ether oxygens (including phenoxy) is 2. The van der Waals surface area contributed by atoms with Gasteiger partial charge >= 0.3 is 0 Å². The van der Waals surface area contributed by atoms with Crippen molar-refractivity contribution in [1.29, 1.82) is 0 Å². The maximum atomic E-state index is 10.3. The monoisotopic (exact) mass is 277 g/mol. The Kier molecular flexibility index (Phi) is 3.27. The van der Waals surface area contributed by atoms with Crippen LogP contribution in [0.25, 0.3) is 0 Å². The van der Waals surface area contributed by atoms with E-state index in [4.69, 9.17) is 21.1 Å². The number of halogens is 1. The molecule has 1 aromatic carbocycles. The molecule has 1 aliphatic rings. The molecule has 0 bridgehead atoms. The molecule has 1 N–H and O–H groups in total. The number of hydrogen-bond acceptors (Lipinski definition) is 4. The number of benzene rings is 1. The maximum Gasteiger partial charge on any atom is 0.161 e. The molecule has 4 nitrogen and oxygen atoms in total. The predicted octanol–water partition coefficient (Wildman–Crippen LogP) is 2.59. The Bertz CT molecular complexity index is 586. The van der Waals surface area contributed by atoms with Crippen LogP contribution < -0.4 is 9.47 Å². The van der Waals surface area contributed by atoms with Crippen molar-refractivity contribution in [2.75, 3.05) is 13.2 Å². The SMILES string of the molecule is OC(c1ccc2c(c1)OCCO2)c1ccc(Cl)cn1. The van der Waals surface area contributed by atoms with Crippen molar-refractivity contribution in [3.63, 3.8) is 0 Å². The second-order valence-electron chi connectivity index (χ2n) is 4.21. The van der Waals surface area contributed by atoms with E-state index in [1.54, 1.807) is 30.3 Å². The van der Waals surface area contributed by atoms with E-state index in [-0.39, 0.29) is 0 Å². The van der Waals surface area contributed by atoms with Gasteiger partial charge in [0.1, 0.15) is 19.3 Å². The minimum atomic E-state index is -0.812. The molecule has 0 spiro atoms. The van der Waals surface area contributed by atoms with Crippen LogP contribution in [0, 0.1) is 0 Å². The van der Waals surface area contributed by atoms with E-state index in [2.05, 4.69) is 4.98 Å². The minimum Gasteiger partial charge on any atom is -0.486 e. The fourth-order valence-corrected chi connectivity index (χ4v) is 2.06. The predicted molar refractivity (Wildman–Crippen MR) is 70.7 cm³/mol. The van der Waals surface area contributed by atoms with Crippen LogP contribution in [0.15, 0.2) is 36.5 Å². The van der Waals surface area contributed by atoms with E-state index in [0.717, 1.165) is 0 Å². The Morgan fingerprint density at radius 1 is 1.11 bits per heavy atom. The first-order chi connectivity index (χ1) is 9.24. The summed E-state index contributed by atoms with van der Waals surface area (Å²) in [7, 11) is 0. The zero-order valence-corrected chi connectivity index (χ0v) is 10.8. The molecular formula is C14H12ClNO3. The molecule has 1 atom stereocenters. The van der Waals surface area contributed by atoms with Crippen LogP contribution in [-0.2, 0) is 0 Å². The summed E-state index contributed by atoms with van der Waals surface area (Å²) < 4.78 is 10.9. The van der Waals surface area contributed by atoms with Crippen molar-refractivity contribution < 1.29 is 14.6 Å². The maximum absolute atomic E-state index is 10.3. The summed E-state index contributed by atoms with van der Waals surface area (Å²) in [5.41, 5.74) is 1.25. The molecule has 98 valence electrons. The van der Waals surface area contributed by atoms with Crippen LogP contribution in [0.4, 0.5) is 0 Å². The second-order valence-corrected chi connectivity index (χ2v) is 4.64. The van der Waals surface area contributed by atoms with Gasteiger partial charge in [-0.15, -0.1) is 0 Å². The molecule has 5 heteroatoms. The third-order valence-corrected chi connectivity index (χ3v) is 3.14. The summed E-state index contributed by atoms with van der Waals surface area (Å²) in [6.45, 7) is 1.07. The van der Waals surface area contributed by atoms with E-state index < -0.39 is 6.10 Å². The van der Waals surface area contributed by atoms with Crippen LogP contribution in [0.2, 0.25) is 5.02 Å². The van der Waals surface area contributed by atoms with Crippen molar-refractivity contribution >= 4 is 11.6 Å². The average molecular weight is 278 g/mol. The zero-order valence-electron chi connectivity index (χ0n) is 10.0. The molecule has 0 radical (unpaired) electrons. The molecule has 1 unspecified atom stereocenters. The smallest absolute Gasteiger partial charge is 0.161 e. The third-order valence-electron chi connectivity index (χ3n) is 2.91. The van der Waals surface area contributed by atoms with Crippen molar-refractivity contribution in [3.8, 4) is 11.5 Å². The highest BCUT2D eigenvalue weighted by atomic mass is 35.5. The molecule has 3 rings (SSSR count). The summed E-state index contributed by atoms with van der Waals surface area (Å²) in [4.78, 5) is 4.11. The molecule has 2 heterocycles. The second kappa shape index (κ2) is 5.07. The van der Waals surface area contributed by atoms with Crippen molar-refractivity contribution in [2.24, 2.45) is 0 Å². The summed E-state index contributed by atoms with van der Waals surface area (Å²) in [6, 6.07) is 8.77. The number of aromatic nitrogens is 1. The van der Waals surface area contributed by atoms with Crippen molar-refractivity contribution in [3.05, 3.63) is 52.8 Å². The Hall–Kier alpha value is -1.78. The van der Waals surface area contributed by atoms with Crippen molar-refractivity contribution in [1.82, 2.24) is 4.98 Å². The van der Waals surface area contributed by atoms with Crippen molar-refractivity contribution in [2.45, 2.75) is 6.10 Å². The average Bonchev–Trinajstić information content (AvgIpc) is 2.47. The minimum absolute atomic E-state index is 0.520. The molecule has 1 aliphatic heterocycles. The number of fused-ring (bicyclic) bond motifs is 1. The quantitative estimate of drug-likeness (QED) is 0.917. The Morgan fingerprint density at radius 3 is 2.63 bits per heavy atom. The summed E-state index contributed by atoms with van der Waals surface area (Å²) in [6.07, 6.45) is 0.700. The molecule has 19 heavy (non-hydrogen) atoms.